The molecule has 3 aromatic rings. The first kappa shape index (κ1) is 32.7. The third kappa shape index (κ3) is 9.61. The molecule has 0 unspecified atom stereocenters. The highest BCUT2D eigenvalue weighted by Crippen LogP contribution is 2.31. The van der Waals surface area contributed by atoms with E-state index < -0.39 is 36.1 Å². The van der Waals surface area contributed by atoms with Gasteiger partial charge in [-0.25, -0.2) is 4.79 Å². The Balaban J connectivity index is 1.66. The molecule has 0 atom stereocenters. The van der Waals surface area contributed by atoms with Crippen LogP contribution in [0.25, 0.3) is 0 Å². The number of carbonyl (C=O) groups is 3. The number of aliphatic carboxylic acids is 1. The molecule has 11 heteroatoms. The number of carboxylic acid groups (broad SMARTS) is 1. The van der Waals surface area contributed by atoms with Crippen LogP contribution in [0, 0.1) is 0 Å². The van der Waals surface area contributed by atoms with Crippen molar-refractivity contribution >= 4 is 35.1 Å². The Morgan fingerprint density at radius 1 is 1.02 bits per heavy atom. The zero-order valence-electron chi connectivity index (χ0n) is 23.1. The van der Waals surface area contributed by atoms with Gasteiger partial charge in [-0.2, -0.15) is 13.2 Å². The highest BCUT2D eigenvalue weighted by molar-refractivity contribution is 6.30. The average Bonchev–Trinajstić information content (AvgIpc) is 2.93. The molecule has 3 rings (SSSR count). The number of rotatable bonds is 12. The van der Waals surface area contributed by atoms with Gasteiger partial charge in [0, 0.05) is 34.9 Å². The van der Waals surface area contributed by atoms with E-state index in [4.69, 9.17) is 16.3 Å². The largest absolute Gasteiger partial charge is 0.480 e. The van der Waals surface area contributed by atoms with E-state index in [0.717, 1.165) is 11.0 Å². The molecule has 0 bridgehead atoms. The molecule has 0 aromatic heterocycles. The summed E-state index contributed by atoms with van der Waals surface area (Å²) in [7, 11) is 0. The van der Waals surface area contributed by atoms with Gasteiger partial charge in [0.05, 0.1) is 11.1 Å². The molecule has 0 aliphatic carbocycles. The van der Waals surface area contributed by atoms with Crippen LogP contribution < -0.4 is 10.1 Å². The second kappa shape index (κ2) is 14.4. The number of alkyl halides is 3. The third-order valence-electron chi connectivity index (χ3n) is 6.08. The van der Waals surface area contributed by atoms with Crippen LogP contribution in [0.15, 0.2) is 109 Å². The summed E-state index contributed by atoms with van der Waals surface area (Å²) >= 11 is 5.91. The van der Waals surface area contributed by atoms with Crippen molar-refractivity contribution in [1.82, 2.24) is 4.90 Å². The molecule has 0 radical (unpaired) electrons. The number of amides is 1. The van der Waals surface area contributed by atoms with Crippen LogP contribution >= 0.6 is 11.6 Å². The number of halogens is 4. The molecule has 0 aliphatic heterocycles. The summed E-state index contributed by atoms with van der Waals surface area (Å²) in [6.45, 7) is 7.74. The Morgan fingerprint density at radius 3 is 2.23 bits per heavy atom. The lowest BCUT2D eigenvalue weighted by molar-refractivity contribution is -0.137. The minimum atomic E-state index is -4.53. The first-order valence-corrected chi connectivity index (χ1v) is 13.2. The van der Waals surface area contributed by atoms with Crippen LogP contribution in [0.3, 0.4) is 0 Å². The van der Waals surface area contributed by atoms with Crippen LogP contribution in [0.4, 0.5) is 18.9 Å². The van der Waals surface area contributed by atoms with E-state index in [1.807, 2.05) is 0 Å². The summed E-state index contributed by atoms with van der Waals surface area (Å²) in [4.78, 5) is 38.2. The van der Waals surface area contributed by atoms with Crippen molar-refractivity contribution in [1.29, 1.82) is 0 Å². The van der Waals surface area contributed by atoms with Crippen molar-refractivity contribution in [2.75, 3.05) is 11.9 Å². The minimum Gasteiger partial charge on any atom is -0.480 e. The minimum absolute atomic E-state index is 0.0408. The number of hydrogen-bond acceptors (Lipinski definition) is 5. The van der Waals surface area contributed by atoms with Crippen LogP contribution in [-0.4, -0.2) is 40.6 Å². The maximum absolute atomic E-state index is 13.2. The zero-order valence-corrected chi connectivity index (χ0v) is 23.8. The van der Waals surface area contributed by atoms with E-state index in [1.54, 1.807) is 30.3 Å². The van der Waals surface area contributed by atoms with E-state index >= 15 is 0 Å². The molecule has 1 amide bonds. The lowest BCUT2D eigenvalue weighted by atomic mass is 10.0. The number of anilines is 1. The number of benzene rings is 3. The molecule has 0 spiro atoms. The number of nitrogens with zero attached hydrogens (tertiary/aromatic N) is 1. The lowest BCUT2D eigenvalue weighted by Gasteiger charge is -2.21. The molecule has 0 fully saturated rings. The van der Waals surface area contributed by atoms with E-state index in [0.29, 0.717) is 22.0 Å². The van der Waals surface area contributed by atoms with Crippen molar-refractivity contribution in [3.8, 4) is 5.75 Å². The first-order valence-electron chi connectivity index (χ1n) is 12.8. The number of ether oxygens (including phenoxy) is 1. The molecule has 2 N–H and O–H groups in total. The number of carboxylic acids is 1. The van der Waals surface area contributed by atoms with Gasteiger partial charge in [0.1, 0.15) is 12.3 Å². The number of allylic oxidation sites excluding steroid dienone is 3. The molecule has 0 saturated heterocycles. The van der Waals surface area contributed by atoms with Crippen LogP contribution in [0.2, 0.25) is 5.02 Å². The topological polar surface area (TPSA) is 95.9 Å². The van der Waals surface area contributed by atoms with E-state index in [-0.39, 0.29) is 35.4 Å². The van der Waals surface area contributed by atoms with E-state index in [9.17, 15) is 32.7 Å². The van der Waals surface area contributed by atoms with E-state index in [1.165, 1.54) is 49.4 Å². The number of esters is 1. The van der Waals surface area contributed by atoms with Gasteiger partial charge in [-0.15, -0.1) is 0 Å². The molecule has 224 valence electrons. The summed E-state index contributed by atoms with van der Waals surface area (Å²) in [5.74, 6) is -2.12. The Labute approximate surface area is 251 Å². The molecular weight excluding hydrogens is 585 g/mol. The zero-order chi connectivity index (χ0) is 31.7. The fourth-order valence-electron chi connectivity index (χ4n) is 4.10. The predicted octanol–water partition coefficient (Wildman–Crippen LogP) is 7.67. The normalized spacial score (nSPS) is 11.7. The molecule has 0 aliphatic rings. The number of carbonyl (C=O) groups excluding carboxylic acids is 2. The van der Waals surface area contributed by atoms with Gasteiger partial charge in [0.25, 0.3) is 5.91 Å². The van der Waals surface area contributed by atoms with Gasteiger partial charge in [0.15, 0.2) is 0 Å². The highest BCUT2D eigenvalue weighted by Gasteiger charge is 2.33. The average molecular weight is 613 g/mol. The summed E-state index contributed by atoms with van der Waals surface area (Å²) in [6, 6.07) is 18.6. The summed E-state index contributed by atoms with van der Waals surface area (Å²) in [6.07, 6.45) is -3.84. The molecule has 3 aromatic carbocycles. The molecule has 0 saturated carbocycles. The Kier molecular flexibility index (Phi) is 10.9. The van der Waals surface area contributed by atoms with E-state index in [2.05, 4.69) is 18.5 Å². The second-order valence-electron chi connectivity index (χ2n) is 9.48. The summed E-state index contributed by atoms with van der Waals surface area (Å²) in [5.41, 5.74) is 1.06. The van der Waals surface area contributed by atoms with Gasteiger partial charge in [-0.1, -0.05) is 54.6 Å². The van der Waals surface area contributed by atoms with Gasteiger partial charge in [0.2, 0.25) is 0 Å². The van der Waals surface area contributed by atoms with Gasteiger partial charge in [-0.05, 0) is 67.1 Å². The highest BCUT2D eigenvalue weighted by atomic mass is 35.5. The quantitative estimate of drug-likeness (QED) is 0.124. The maximum Gasteiger partial charge on any atom is 0.416 e. The SMILES string of the molecule is C=C/C(=C(\C)CC(=C)Nc1ccc(C(=O)N(CC(=O)O)Cc2ccc(OC(=O)c3cccc(Cl)c3)cc2)cc1)C(F)(F)F. The predicted molar refractivity (Wildman–Crippen MR) is 158 cm³/mol. The first-order chi connectivity index (χ1) is 20.3. The van der Waals surface area contributed by atoms with Crippen molar-refractivity contribution in [2.24, 2.45) is 0 Å². The molecule has 43 heavy (non-hydrogen) atoms. The van der Waals surface area contributed by atoms with Gasteiger partial charge >= 0.3 is 18.1 Å². The van der Waals surface area contributed by atoms with Crippen LogP contribution in [-0.2, 0) is 11.3 Å². The van der Waals surface area contributed by atoms with Gasteiger partial charge < -0.3 is 20.1 Å². The van der Waals surface area contributed by atoms with Crippen molar-refractivity contribution in [2.45, 2.75) is 26.1 Å². The fraction of sp³-hybridized carbons (Fsp3) is 0.156. The third-order valence-corrected chi connectivity index (χ3v) is 6.32. The number of nitrogens with one attached hydrogen (secondary N) is 1. The Bertz CT molecular complexity index is 1550. The van der Waals surface area contributed by atoms with Crippen molar-refractivity contribution < 1.29 is 37.4 Å². The Morgan fingerprint density at radius 2 is 1.67 bits per heavy atom. The smallest absolute Gasteiger partial charge is 0.416 e. The Hall–Kier alpha value is -4.83. The summed E-state index contributed by atoms with van der Waals surface area (Å²) in [5, 5.41) is 12.7. The molecular formula is C32H28ClF3N2O5. The summed E-state index contributed by atoms with van der Waals surface area (Å²) < 4.78 is 44.7. The lowest BCUT2D eigenvalue weighted by Crippen LogP contribution is -2.35. The van der Waals surface area contributed by atoms with Crippen LogP contribution in [0.5, 0.6) is 5.75 Å². The number of hydrogen-bond donors (Lipinski definition) is 2. The monoisotopic (exact) mass is 612 g/mol. The fourth-order valence-corrected chi connectivity index (χ4v) is 4.29. The maximum atomic E-state index is 13.2. The molecule has 0 heterocycles. The van der Waals surface area contributed by atoms with Crippen molar-refractivity contribution in [3.05, 3.63) is 131 Å². The molecule has 7 nitrogen and oxygen atoms in total. The van der Waals surface area contributed by atoms with Crippen molar-refractivity contribution in [3.63, 3.8) is 0 Å². The standard InChI is InChI=1S/C32H28ClF3N2O5/c1-4-28(32(34,35)36)20(2)16-21(3)37-26-12-10-23(11-13-26)30(41)38(19-29(39)40)18-22-8-14-27(15-9-22)43-31(42)24-6-5-7-25(33)17-24/h4-15,17,37H,1,3,16,18-19H2,2H3,(H,39,40)/b28-20-. The second-order valence-corrected chi connectivity index (χ2v) is 9.91. The van der Waals surface area contributed by atoms with Crippen LogP contribution in [0.1, 0.15) is 39.6 Å². The van der Waals surface area contributed by atoms with Gasteiger partial charge in [-0.3, -0.25) is 9.59 Å².